The van der Waals surface area contributed by atoms with Gasteiger partial charge in [-0.25, -0.2) is 0 Å². The van der Waals surface area contributed by atoms with Gasteiger partial charge >= 0.3 is 0 Å². The number of ether oxygens (including phenoxy) is 8. The molecule has 0 saturated carbocycles. The van der Waals surface area contributed by atoms with Gasteiger partial charge in [-0.1, -0.05) is 90.4 Å². The van der Waals surface area contributed by atoms with Crippen molar-refractivity contribution in [2.75, 3.05) is 26.4 Å². The largest absolute Gasteiger partial charge is 0.465 e. The van der Waals surface area contributed by atoms with E-state index in [1.807, 2.05) is 36.4 Å². The van der Waals surface area contributed by atoms with Crippen molar-refractivity contribution in [3.63, 3.8) is 0 Å². The van der Waals surface area contributed by atoms with Crippen molar-refractivity contribution in [2.24, 2.45) is 0 Å². The first-order chi connectivity index (χ1) is 30.2. The lowest BCUT2D eigenvalue weighted by Crippen LogP contribution is -2.29. The van der Waals surface area contributed by atoms with Crippen molar-refractivity contribution >= 4 is 10.9 Å². The van der Waals surface area contributed by atoms with Crippen LogP contribution >= 0.6 is 0 Å². The van der Waals surface area contributed by atoms with Crippen LogP contribution in [0.15, 0.2) is 41.2 Å². The molecular weight excluding hydrogens is 771 g/mol. The van der Waals surface area contributed by atoms with E-state index in [9.17, 15) is 4.79 Å². The number of hydrogen-bond donors (Lipinski definition) is 0. The molecule has 338 valence electrons. The summed E-state index contributed by atoms with van der Waals surface area (Å²) < 4.78 is 52.7. The molecular formula is C51H75NO9. The molecule has 10 nitrogen and oxygen atoms in total. The predicted octanol–water partition coefficient (Wildman–Crippen LogP) is 12.8. The number of aryl methyl sites for hydroxylation is 1. The van der Waals surface area contributed by atoms with Crippen LogP contribution in [0, 0.1) is 0 Å². The number of aromatic nitrogens is 1. The Kier molecular flexibility index (Phi) is 18.8. The molecule has 4 aliphatic heterocycles. The van der Waals surface area contributed by atoms with Crippen LogP contribution in [0.2, 0.25) is 0 Å². The van der Waals surface area contributed by atoms with E-state index in [0.29, 0.717) is 67.1 Å². The Morgan fingerprint density at radius 1 is 0.525 bits per heavy atom. The molecule has 4 aliphatic rings. The Labute approximate surface area is 365 Å². The summed E-state index contributed by atoms with van der Waals surface area (Å²) in [6.07, 6.45) is 27.9. The summed E-state index contributed by atoms with van der Waals surface area (Å²) in [5.74, 6) is 2.17. The van der Waals surface area contributed by atoms with Crippen LogP contribution in [0.3, 0.4) is 0 Å². The van der Waals surface area contributed by atoms with Crippen LogP contribution in [-0.4, -0.2) is 56.2 Å². The number of nitrogens with zero attached hydrogens (tertiary/aromatic N) is 1. The average molecular weight is 846 g/mol. The molecule has 7 rings (SSSR count). The second-order valence-corrected chi connectivity index (χ2v) is 17.8. The Morgan fingerprint density at radius 3 is 1.54 bits per heavy atom. The molecule has 4 unspecified atom stereocenters. The van der Waals surface area contributed by atoms with Crippen molar-refractivity contribution in [3.8, 4) is 34.3 Å². The molecule has 10 heteroatoms. The first-order valence-electron chi connectivity index (χ1n) is 24.6. The smallest absolute Gasteiger partial charge is 0.231 e. The molecule has 0 radical (unpaired) electrons. The van der Waals surface area contributed by atoms with Crippen LogP contribution < -0.4 is 24.4 Å². The van der Waals surface area contributed by atoms with Crippen LogP contribution in [0.1, 0.15) is 174 Å². The molecule has 0 amide bonds. The van der Waals surface area contributed by atoms with E-state index in [1.54, 1.807) is 0 Å². The van der Waals surface area contributed by atoms with E-state index >= 15 is 0 Å². The van der Waals surface area contributed by atoms with Gasteiger partial charge in [0, 0.05) is 49.2 Å². The van der Waals surface area contributed by atoms with Gasteiger partial charge in [-0.15, -0.1) is 0 Å². The molecule has 61 heavy (non-hydrogen) atoms. The molecule has 4 saturated heterocycles. The summed E-state index contributed by atoms with van der Waals surface area (Å²) in [6.45, 7) is 5.62. The number of fused-ring (bicyclic) bond motifs is 1. The second kappa shape index (κ2) is 25.1. The quantitative estimate of drug-likeness (QED) is 0.0817. The topological polar surface area (TPSA) is 95.8 Å². The summed E-state index contributed by atoms with van der Waals surface area (Å²) in [4.78, 5) is 14.8. The Hall–Kier alpha value is -3.31. The van der Waals surface area contributed by atoms with Gasteiger partial charge in [0.15, 0.2) is 42.4 Å². The lowest BCUT2D eigenvalue weighted by molar-refractivity contribution is -0.118. The van der Waals surface area contributed by atoms with Gasteiger partial charge in [0.05, 0.1) is 37.6 Å². The fourth-order valence-electron chi connectivity index (χ4n) is 9.19. The summed E-state index contributed by atoms with van der Waals surface area (Å²) in [7, 11) is 0. The molecule has 4 atom stereocenters. The average Bonchev–Trinajstić information content (AvgIpc) is 3.30. The Bertz CT molecular complexity index is 1790. The van der Waals surface area contributed by atoms with Gasteiger partial charge in [0.2, 0.25) is 5.43 Å². The van der Waals surface area contributed by atoms with Gasteiger partial charge in [-0.05, 0) is 88.1 Å². The van der Waals surface area contributed by atoms with Gasteiger partial charge in [0.25, 0.3) is 0 Å². The van der Waals surface area contributed by atoms with Crippen molar-refractivity contribution in [1.82, 2.24) is 4.57 Å². The lowest BCUT2D eigenvalue weighted by Gasteiger charge is -2.29. The third-order valence-corrected chi connectivity index (χ3v) is 12.7. The third kappa shape index (κ3) is 13.8. The van der Waals surface area contributed by atoms with Gasteiger partial charge < -0.3 is 42.5 Å². The molecule has 2 aromatic carbocycles. The summed E-state index contributed by atoms with van der Waals surface area (Å²) >= 11 is 0. The van der Waals surface area contributed by atoms with Crippen LogP contribution in [0.5, 0.6) is 23.0 Å². The highest BCUT2D eigenvalue weighted by Gasteiger charge is 2.28. The molecule has 3 aromatic rings. The molecule has 0 aliphatic carbocycles. The highest BCUT2D eigenvalue weighted by atomic mass is 16.7. The molecule has 0 bridgehead atoms. The molecule has 0 N–H and O–H groups in total. The Morgan fingerprint density at radius 2 is 1.02 bits per heavy atom. The summed E-state index contributed by atoms with van der Waals surface area (Å²) in [6, 6.07) is 11.8. The first-order valence-corrected chi connectivity index (χ1v) is 24.6. The highest BCUT2D eigenvalue weighted by molar-refractivity contribution is 5.87. The van der Waals surface area contributed by atoms with Crippen molar-refractivity contribution in [1.29, 1.82) is 0 Å². The zero-order chi connectivity index (χ0) is 41.9. The van der Waals surface area contributed by atoms with E-state index in [1.165, 1.54) is 77.0 Å². The normalized spacial score (nSPS) is 22.2. The van der Waals surface area contributed by atoms with Gasteiger partial charge in [-0.3, -0.25) is 4.79 Å². The van der Waals surface area contributed by atoms with E-state index < -0.39 is 6.29 Å². The SMILES string of the molecule is CCCCCCCCCCCCCCCCn1c(-c2ccc(OC3CCCCO3)c(OC3CCCCO3)c2)c(OC2CCCCO2)c(=O)c2ccc(OC3CCCCO3)cc21. The van der Waals surface area contributed by atoms with Crippen molar-refractivity contribution < 1.29 is 37.9 Å². The fourth-order valence-corrected chi connectivity index (χ4v) is 9.19. The monoisotopic (exact) mass is 846 g/mol. The number of benzene rings is 2. The van der Waals surface area contributed by atoms with Crippen molar-refractivity contribution in [2.45, 2.75) is 206 Å². The highest BCUT2D eigenvalue weighted by Crippen LogP contribution is 2.41. The Balaban J connectivity index is 1.18. The van der Waals surface area contributed by atoms with Gasteiger partial charge in [-0.2, -0.15) is 0 Å². The summed E-state index contributed by atoms with van der Waals surface area (Å²) in [5, 5.41) is 0.596. The zero-order valence-electron chi connectivity index (χ0n) is 37.3. The maximum atomic E-state index is 14.8. The first kappa shape index (κ1) is 45.7. The van der Waals surface area contributed by atoms with E-state index in [-0.39, 0.29) is 24.3 Å². The summed E-state index contributed by atoms with van der Waals surface area (Å²) in [5.41, 5.74) is 2.17. The zero-order valence-corrected chi connectivity index (χ0v) is 37.3. The maximum absolute atomic E-state index is 14.8. The van der Waals surface area contributed by atoms with Crippen molar-refractivity contribution in [3.05, 3.63) is 46.6 Å². The number of pyridine rings is 1. The van der Waals surface area contributed by atoms with Gasteiger partial charge in [0.1, 0.15) is 5.75 Å². The second-order valence-electron chi connectivity index (χ2n) is 17.8. The van der Waals surface area contributed by atoms with E-state index in [0.717, 1.165) is 101 Å². The lowest BCUT2D eigenvalue weighted by atomic mass is 10.0. The number of rotatable bonds is 24. The molecule has 0 spiro atoms. The minimum atomic E-state index is -0.504. The number of hydrogen-bond acceptors (Lipinski definition) is 9. The third-order valence-electron chi connectivity index (χ3n) is 12.7. The molecule has 5 heterocycles. The van der Waals surface area contributed by atoms with Crippen LogP contribution in [0.4, 0.5) is 0 Å². The van der Waals surface area contributed by atoms with Crippen LogP contribution in [0.25, 0.3) is 22.2 Å². The molecule has 1 aromatic heterocycles. The van der Waals surface area contributed by atoms with Crippen LogP contribution in [-0.2, 0) is 25.5 Å². The fraction of sp³-hybridized carbons (Fsp3) is 0.706. The minimum absolute atomic E-state index is 0.161. The standard InChI is InChI=1S/C51H75NO9/c1-2-3-4-5-6-7-8-9-10-11-12-13-14-19-32-52-42-38-40(58-45-24-15-20-33-54-45)29-30-41(42)50(53)51(61-48-27-18-23-36-57-48)49(52)39-28-31-43(59-46-25-16-21-34-55-46)44(37-39)60-47-26-17-22-35-56-47/h28-31,37-38,45-48H,2-27,32-36H2,1H3. The number of unbranched alkanes of at least 4 members (excludes halogenated alkanes) is 13. The maximum Gasteiger partial charge on any atom is 0.231 e. The van der Waals surface area contributed by atoms with E-state index in [4.69, 9.17) is 37.9 Å². The predicted molar refractivity (Wildman–Crippen MR) is 241 cm³/mol. The minimum Gasteiger partial charge on any atom is -0.465 e. The van der Waals surface area contributed by atoms with E-state index in [2.05, 4.69) is 11.5 Å². The molecule has 4 fully saturated rings.